The summed E-state index contributed by atoms with van der Waals surface area (Å²) < 4.78 is 5.40. The Morgan fingerprint density at radius 2 is 1.66 bits per heavy atom. The van der Waals surface area contributed by atoms with Crippen LogP contribution in [-0.4, -0.2) is 52.4 Å². The SMILES string of the molecule is O=C(Nc1ccc(Nc2cc(N3CCOCC3)cnn2)cc1)c1ccc2nccnc2c1. The lowest BCUT2D eigenvalue weighted by molar-refractivity contribution is 0.102. The van der Waals surface area contributed by atoms with Gasteiger partial charge >= 0.3 is 0 Å². The number of hydrogen-bond acceptors (Lipinski definition) is 8. The molecule has 0 aliphatic carbocycles. The van der Waals surface area contributed by atoms with E-state index in [1.807, 2.05) is 30.3 Å². The minimum atomic E-state index is -0.206. The number of anilines is 4. The van der Waals surface area contributed by atoms with Crippen LogP contribution < -0.4 is 15.5 Å². The number of rotatable bonds is 5. The second-order valence-corrected chi connectivity index (χ2v) is 7.31. The highest BCUT2D eigenvalue weighted by Crippen LogP contribution is 2.22. The van der Waals surface area contributed by atoms with Crippen LogP contribution in [0.3, 0.4) is 0 Å². The third-order valence-electron chi connectivity index (χ3n) is 5.16. The Kier molecular flexibility index (Phi) is 5.54. The Labute approximate surface area is 184 Å². The highest BCUT2D eigenvalue weighted by molar-refractivity contribution is 6.05. The summed E-state index contributed by atoms with van der Waals surface area (Å²) in [6.45, 7) is 3.10. The third-order valence-corrected chi connectivity index (χ3v) is 5.16. The van der Waals surface area contributed by atoms with Crippen LogP contribution in [0.15, 0.2) is 67.1 Å². The number of carbonyl (C=O) groups excluding carboxylic acids is 1. The highest BCUT2D eigenvalue weighted by Gasteiger charge is 2.13. The van der Waals surface area contributed by atoms with Gasteiger partial charge in [0.1, 0.15) is 0 Å². The van der Waals surface area contributed by atoms with Gasteiger partial charge in [-0.05, 0) is 42.5 Å². The van der Waals surface area contributed by atoms with Crippen molar-refractivity contribution in [3.63, 3.8) is 0 Å². The smallest absolute Gasteiger partial charge is 0.255 e. The van der Waals surface area contributed by atoms with Gasteiger partial charge in [0.15, 0.2) is 5.82 Å². The summed E-state index contributed by atoms with van der Waals surface area (Å²) in [5, 5.41) is 14.4. The van der Waals surface area contributed by atoms with Gasteiger partial charge in [0.05, 0.1) is 36.1 Å². The average molecular weight is 427 g/mol. The maximum Gasteiger partial charge on any atom is 0.255 e. The van der Waals surface area contributed by atoms with E-state index in [9.17, 15) is 4.79 Å². The highest BCUT2D eigenvalue weighted by atomic mass is 16.5. The van der Waals surface area contributed by atoms with E-state index in [4.69, 9.17) is 4.74 Å². The molecule has 0 radical (unpaired) electrons. The van der Waals surface area contributed by atoms with Crippen molar-refractivity contribution in [3.8, 4) is 0 Å². The van der Waals surface area contributed by atoms with Gasteiger partial charge in [0.25, 0.3) is 5.91 Å². The molecule has 1 aliphatic rings. The van der Waals surface area contributed by atoms with Gasteiger partial charge in [-0.1, -0.05) is 0 Å². The van der Waals surface area contributed by atoms with E-state index in [1.165, 1.54) is 0 Å². The average Bonchev–Trinajstić information content (AvgIpc) is 2.85. The number of aromatic nitrogens is 4. The molecule has 0 unspecified atom stereocenters. The van der Waals surface area contributed by atoms with Crippen molar-refractivity contribution >= 4 is 39.8 Å². The molecule has 1 saturated heterocycles. The maximum absolute atomic E-state index is 12.6. The normalized spacial score (nSPS) is 13.7. The fourth-order valence-corrected chi connectivity index (χ4v) is 3.50. The summed E-state index contributed by atoms with van der Waals surface area (Å²) in [6, 6.07) is 14.7. The van der Waals surface area contributed by atoms with Crippen molar-refractivity contribution in [1.29, 1.82) is 0 Å². The fourth-order valence-electron chi connectivity index (χ4n) is 3.50. The Hall–Kier alpha value is -4.11. The Balaban J connectivity index is 1.24. The quantitative estimate of drug-likeness (QED) is 0.500. The number of morpholine rings is 1. The number of fused-ring (bicyclic) bond motifs is 1. The Morgan fingerprint density at radius 1 is 0.906 bits per heavy atom. The van der Waals surface area contributed by atoms with Gasteiger partial charge < -0.3 is 20.3 Å². The van der Waals surface area contributed by atoms with Gasteiger partial charge in [-0.15, -0.1) is 5.10 Å². The number of nitrogens with one attached hydrogen (secondary N) is 2. The van der Waals surface area contributed by atoms with E-state index in [0.29, 0.717) is 35.8 Å². The van der Waals surface area contributed by atoms with Crippen LogP contribution in [0.1, 0.15) is 10.4 Å². The summed E-state index contributed by atoms with van der Waals surface area (Å²) in [7, 11) is 0. The number of hydrogen-bond donors (Lipinski definition) is 2. The fraction of sp³-hybridized carbons (Fsp3) is 0.174. The molecule has 1 aliphatic heterocycles. The van der Waals surface area contributed by atoms with Crippen molar-refractivity contribution in [2.45, 2.75) is 0 Å². The van der Waals surface area contributed by atoms with Crippen LogP contribution in [0.25, 0.3) is 11.0 Å². The van der Waals surface area contributed by atoms with Gasteiger partial charge in [0, 0.05) is 48.5 Å². The monoisotopic (exact) mass is 427 g/mol. The molecule has 0 saturated carbocycles. The first-order valence-electron chi connectivity index (χ1n) is 10.3. The summed E-state index contributed by atoms with van der Waals surface area (Å²) in [5.41, 5.74) is 4.50. The van der Waals surface area contributed by atoms with Gasteiger partial charge in [-0.2, -0.15) is 5.10 Å². The molecule has 0 atom stereocenters. The van der Waals surface area contributed by atoms with Crippen LogP contribution in [0, 0.1) is 0 Å². The second-order valence-electron chi connectivity index (χ2n) is 7.31. The van der Waals surface area contributed by atoms with E-state index in [2.05, 4.69) is 35.7 Å². The van der Waals surface area contributed by atoms with Crippen LogP contribution >= 0.6 is 0 Å². The number of amides is 1. The molecule has 9 nitrogen and oxygen atoms in total. The van der Waals surface area contributed by atoms with Gasteiger partial charge in [0.2, 0.25) is 0 Å². The minimum Gasteiger partial charge on any atom is -0.378 e. The zero-order valence-electron chi connectivity index (χ0n) is 17.2. The Bertz CT molecular complexity index is 1240. The zero-order chi connectivity index (χ0) is 21.8. The minimum absolute atomic E-state index is 0.206. The molecule has 32 heavy (non-hydrogen) atoms. The molecule has 1 fully saturated rings. The topological polar surface area (TPSA) is 105 Å². The predicted octanol–water partition coefficient (Wildman–Crippen LogP) is 3.25. The first kappa shape index (κ1) is 19.8. The molecular formula is C23H21N7O2. The lowest BCUT2D eigenvalue weighted by atomic mass is 10.1. The number of benzene rings is 2. The standard InChI is InChI=1S/C23H21N7O2/c31-23(16-1-6-20-21(13-16)25-8-7-24-20)28-18-4-2-17(3-5-18)27-22-14-19(15-26-29-22)30-9-11-32-12-10-30/h1-8,13-15H,9-12H2,(H,27,29)(H,28,31). The summed E-state index contributed by atoms with van der Waals surface area (Å²) in [4.78, 5) is 23.3. The predicted molar refractivity (Wildman–Crippen MR) is 122 cm³/mol. The molecule has 0 spiro atoms. The third kappa shape index (κ3) is 4.47. The van der Waals surface area contributed by atoms with Crippen molar-refractivity contribution in [3.05, 3.63) is 72.7 Å². The molecule has 3 heterocycles. The maximum atomic E-state index is 12.6. The van der Waals surface area contributed by atoms with Crippen molar-refractivity contribution in [2.75, 3.05) is 41.8 Å². The molecule has 160 valence electrons. The number of carbonyl (C=O) groups is 1. The first-order chi connectivity index (χ1) is 15.7. The van der Waals surface area contributed by atoms with E-state index < -0.39 is 0 Å². The van der Waals surface area contributed by atoms with E-state index in [1.54, 1.807) is 36.8 Å². The molecule has 2 N–H and O–H groups in total. The second kappa shape index (κ2) is 8.94. The number of ether oxygens (including phenoxy) is 1. The van der Waals surface area contributed by atoms with E-state index in [-0.39, 0.29) is 5.91 Å². The molecule has 2 aromatic heterocycles. The molecule has 4 aromatic rings. The lowest BCUT2D eigenvalue weighted by Crippen LogP contribution is -2.36. The first-order valence-corrected chi connectivity index (χ1v) is 10.3. The van der Waals surface area contributed by atoms with Crippen LogP contribution in [0.4, 0.5) is 22.9 Å². The molecule has 0 bridgehead atoms. The van der Waals surface area contributed by atoms with Crippen molar-refractivity contribution in [1.82, 2.24) is 20.2 Å². The molecular weight excluding hydrogens is 406 g/mol. The Morgan fingerprint density at radius 3 is 2.47 bits per heavy atom. The van der Waals surface area contributed by atoms with Gasteiger partial charge in [-0.3, -0.25) is 14.8 Å². The molecule has 1 amide bonds. The molecule has 5 rings (SSSR count). The number of nitrogens with zero attached hydrogens (tertiary/aromatic N) is 5. The molecule has 9 heteroatoms. The van der Waals surface area contributed by atoms with E-state index >= 15 is 0 Å². The summed E-state index contributed by atoms with van der Waals surface area (Å²) >= 11 is 0. The summed E-state index contributed by atoms with van der Waals surface area (Å²) in [6.07, 6.45) is 4.99. The lowest BCUT2D eigenvalue weighted by Gasteiger charge is -2.28. The van der Waals surface area contributed by atoms with Crippen LogP contribution in [0.2, 0.25) is 0 Å². The van der Waals surface area contributed by atoms with Crippen molar-refractivity contribution < 1.29 is 9.53 Å². The largest absolute Gasteiger partial charge is 0.378 e. The van der Waals surface area contributed by atoms with Gasteiger partial charge in [-0.25, -0.2) is 0 Å². The van der Waals surface area contributed by atoms with Crippen LogP contribution in [-0.2, 0) is 4.74 Å². The van der Waals surface area contributed by atoms with E-state index in [0.717, 1.165) is 30.0 Å². The zero-order valence-corrected chi connectivity index (χ0v) is 17.2. The van der Waals surface area contributed by atoms with Crippen LogP contribution in [0.5, 0.6) is 0 Å². The van der Waals surface area contributed by atoms with Crippen molar-refractivity contribution in [2.24, 2.45) is 0 Å². The summed E-state index contributed by atoms with van der Waals surface area (Å²) in [5.74, 6) is 0.449. The molecule has 2 aromatic carbocycles.